The summed E-state index contributed by atoms with van der Waals surface area (Å²) in [5.41, 5.74) is 1.75. The smallest absolute Gasteiger partial charge is 0.254 e. The maximum Gasteiger partial charge on any atom is 0.254 e. The summed E-state index contributed by atoms with van der Waals surface area (Å²) >= 11 is 0. The number of amides is 1. The first-order valence-electron chi connectivity index (χ1n) is 10.9. The van der Waals surface area contributed by atoms with E-state index < -0.39 is 0 Å². The quantitative estimate of drug-likeness (QED) is 0.665. The number of carbonyl (C=O) groups is 1. The number of nitrogens with zero attached hydrogens (tertiary/aromatic N) is 7. The minimum atomic E-state index is -0.154. The van der Waals surface area contributed by atoms with Gasteiger partial charge in [-0.25, -0.2) is 4.98 Å². The van der Waals surface area contributed by atoms with E-state index in [0.717, 1.165) is 56.3 Å². The standard InChI is InChI=1S/C21H27N7O3/c29-20-12-18(16-1-2-16)22-15-28(20)14-21(30)27-5-3-26(4-6-27)19-11-17(13-23-24-19)25-7-9-31-10-8-25/h11-13,15-16H,1-10,14H2. The van der Waals surface area contributed by atoms with E-state index >= 15 is 0 Å². The molecule has 2 aromatic rings. The molecule has 2 aromatic heterocycles. The van der Waals surface area contributed by atoms with Crippen molar-refractivity contribution in [2.24, 2.45) is 0 Å². The molecule has 2 aliphatic heterocycles. The summed E-state index contributed by atoms with van der Waals surface area (Å²) in [6, 6.07) is 3.63. The Kier molecular flexibility index (Phi) is 5.54. The molecule has 0 radical (unpaired) electrons. The van der Waals surface area contributed by atoms with Gasteiger partial charge in [0.2, 0.25) is 5.91 Å². The second-order valence-corrected chi connectivity index (χ2v) is 8.29. The van der Waals surface area contributed by atoms with E-state index in [-0.39, 0.29) is 18.0 Å². The highest BCUT2D eigenvalue weighted by Gasteiger charge is 2.26. The van der Waals surface area contributed by atoms with Crippen molar-refractivity contribution >= 4 is 17.4 Å². The van der Waals surface area contributed by atoms with Gasteiger partial charge in [-0.2, -0.15) is 5.10 Å². The van der Waals surface area contributed by atoms with E-state index in [2.05, 4.69) is 31.0 Å². The van der Waals surface area contributed by atoms with E-state index in [4.69, 9.17) is 4.74 Å². The summed E-state index contributed by atoms with van der Waals surface area (Å²) in [5, 5.41) is 8.47. The van der Waals surface area contributed by atoms with Gasteiger partial charge >= 0.3 is 0 Å². The van der Waals surface area contributed by atoms with E-state index in [0.29, 0.717) is 32.1 Å². The van der Waals surface area contributed by atoms with Gasteiger partial charge in [0.15, 0.2) is 5.82 Å². The fourth-order valence-electron chi connectivity index (χ4n) is 4.09. The number of rotatable bonds is 5. The average molecular weight is 425 g/mol. The minimum absolute atomic E-state index is 0.0309. The summed E-state index contributed by atoms with van der Waals surface area (Å²) in [6.07, 6.45) is 5.49. The van der Waals surface area contributed by atoms with Crippen molar-refractivity contribution in [1.82, 2.24) is 24.6 Å². The van der Waals surface area contributed by atoms with Crippen molar-refractivity contribution in [3.8, 4) is 0 Å². The Labute approximate surface area is 180 Å². The molecular formula is C21H27N7O3. The fourth-order valence-corrected chi connectivity index (χ4v) is 4.09. The van der Waals surface area contributed by atoms with Gasteiger partial charge in [0, 0.05) is 57.3 Å². The van der Waals surface area contributed by atoms with Crippen molar-refractivity contribution in [2.75, 3.05) is 62.3 Å². The predicted molar refractivity (Wildman–Crippen MR) is 114 cm³/mol. The van der Waals surface area contributed by atoms with Crippen LogP contribution in [0.25, 0.3) is 0 Å². The topological polar surface area (TPSA) is 96.7 Å². The third-order valence-electron chi connectivity index (χ3n) is 6.16. The lowest BCUT2D eigenvalue weighted by molar-refractivity contribution is -0.132. The van der Waals surface area contributed by atoms with Gasteiger partial charge in [-0.15, -0.1) is 5.10 Å². The normalized spacial score (nSPS) is 19.5. The number of piperazine rings is 1. The highest BCUT2D eigenvalue weighted by molar-refractivity contribution is 5.76. The van der Waals surface area contributed by atoms with Gasteiger partial charge in [0.1, 0.15) is 6.54 Å². The summed E-state index contributed by atoms with van der Waals surface area (Å²) in [4.78, 5) is 35.6. The third-order valence-corrected chi connectivity index (χ3v) is 6.16. The molecule has 3 aliphatic rings. The number of carbonyl (C=O) groups excluding carboxylic acids is 1. The molecule has 5 rings (SSSR count). The highest BCUT2D eigenvalue weighted by atomic mass is 16.5. The molecule has 1 saturated carbocycles. The second kappa shape index (κ2) is 8.62. The van der Waals surface area contributed by atoms with Gasteiger partial charge in [-0.3, -0.25) is 14.2 Å². The van der Waals surface area contributed by atoms with Gasteiger partial charge in [-0.05, 0) is 12.8 Å². The lowest BCUT2D eigenvalue weighted by Crippen LogP contribution is -2.50. The Morgan fingerprint density at radius 2 is 1.81 bits per heavy atom. The van der Waals surface area contributed by atoms with Crippen LogP contribution in [0.5, 0.6) is 0 Å². The molecule has 164 valence electrons. The second-order valence-electron chi connectivity index (χ2n) is 8.29. The number of hydrogen-bond donors (Lipinski definition) is 0. The maximum atomic E-state index is 12.7. The van der Waals surface area contributed by atoms with Crippen LogP contribution in [0.1, 0.15) is 24.5 Å². The van der Waals surface area contributed by atoms with Crippen molar-refractivity contribution in [2.45, 2.75) is 25.3 Å². The maximum absolute atomic E-state index is 12.7. The number of ether oxygens (including phenoxy) is 1. The van der Waals surface area contributed by atoms with Gasteiger partial charge in [-0.1, -0.05) is 0 Å². The zero-order valence-electron chi connectivity index (χ0n) is 17.5. The summed E-state index contributed by atoms with van der Waals surface area (Å²) < 4.78 is 6.82. The van der Waals surface area contributed by atoms with Crippen molar-refractivity contribution in [3.63, 3.8) is 0 Å². The summed E-state index contributed by atoms with van der Waals surface area (Å²) in [6.45, 7) is 5.72. The average Bonchev–Trinajstić information content (AvgIpc) is 3.67. The van der Waals surface area contributed by atoms with Crippen LogP contribution in [0.15, 0.2) is 29.5 Å². The molecule has 10 nitrogen and oxygen atoms in total. The first-order valence-corrected chi connectivity index (χ1v) is 10.9. The van der Waals surface area contributed by atoms with E-state index in [1.165, 1.54) is 10.9 Å². The molecule has 0 N–H and O–H groups in total. The van der Waals surface area contributed by atoms with Crippen LogP contribution in [0.2, 0.25) is 0 Å². The Bertz CT molecular complexity index is 992. The van der Waals surface area contributed by atoms with Gasteiger partial charge in [0.05, 0.1) is 37.1 Å². The molecule has 31 heavy (non-hydrogen) atoms. The van der Waals surface area contributed by atoms with E-state index in [9.17, 15) is 9.59 Å². The minimum Gasteiger partial charge on any atom is -0.378 e. The molecular weight excluding hydrogens is 398 g/mol. The molecule has 0 atom stereocenters. The SMILES string of the molecule is O=C(Cn1cnc(C2CC2)cc1=O)N1CCN(c2cc(N3CCOCC3)cnn2)CC1. The van der Waals surface area contributed by atoms with Crippen LogP contribution in [-0.2, 0) is 16.1 Å². The van der Waals surface area contributed by atoms with Crippen LogP contribution < -0.4 is 15.4 Å². The Morgan fingerprint density at radius 1 is 1.03 bits per heavy atom. The molecule has 0 aromatic carbocycles. The van der Waals surface area contributed by atoms with Gasteiger partial charge < -0.3 is 19.4 Å². The first-order chi connectivity index (χ1) is 15.2. The van der Waals surface area contributed by atoms with Gasteiger partial charge in [0.25, 0.3) is 5.56 Å². The molecule has 1 aliphatic carbocycles. The molecule has 0 bridgehead atoms. The van der Waals surface area contributed by atoms with Crippen molar-refractivity contribution < 1.29 is 9.53 Å². The Morgan fingerprint density at radius 3 is 2.52 bits per heavy atom. The first kappa shape index (κ1) is 19.9. The van der Waals surface area contributed by atoms with E-state index in [1.807, 2.05) is 0 Å². The number of anilines is 2. The third kappa shape index (κ3) is 4.53. The largest absolute Gasteiger partial charge is 0.378 e. The highest BCUT2D eigenvalue weighted by Crippen LogP contribution is 2.38. The lowest BCUT2D eigenvalue weighted by Gasteiger charge is -2.36. The van der Waals surface area contributed by atoms with Crippen LogP contribution in [0.3, 0.4) is 0 Å². The van der Waals surface area contributed by atoms with Crippen LogP contribution in [0, 0.1) is 0 Å². The summed E-state index contributed by atoms with van der Waals surface area (Å²) in [7, 11) is 0. The van der Waals surface area contributed by atoms with Crippen LogP contribution in [-0.4, -0.2) is 83.0 Å². The Hall–Kier alpha value is -3.01. The number of aromatic nitrogens is 4. The zero-order chi connectivity index (χ0) is 21.2. The predicted octanol–water partition coefficient (Wildman–Crippen LogP) is 0.0961. The molecule has 3 fully saturated rings. The lowest BCUT2D eigenvalue weighted by atomic mass is 10.2. The molecule has 1 amide bonds. The molecule has 10 heteroatoms. The zero-order valence-corrected chi connectivity index (χ0v) is 17.5. The van der Waals surface area contributed by atoms with Crippen LogP contribution >= 0.6 is 0 Å². The molecule has 0 spiro atoms. The van der Waals surface area contributed by atoms with Crippen molar-refractivity contribution in [1.29, 1.82) is 0 Å². The number of hydrogen-bond acceptors (Lipinski definition) is 8. The Balaban J connectivity index is 1.17. The summed E-state index contributed by atoms with van der Waals surface area (Å²) in [5.74, 6) is 1.19. The fraction of sp³-hybridized carbons (Fsp3) is 0.571. The molecule has 2 saturated heterocycles. The molecule has 0 unspecified atom stereocenters. The van der Waals surface area contributed by atoms with Crippen LogP contribution in [0.4, 0.5) is 11.5 Å². The van der Waals surface area contributed by atoms with Crippen molar-refractivity contribution in [3.05, 3.63) is 40.7 Å². The van der Waals surface area contributed by atoms with E-state index in [1.54, 1.807) is 17.2 Å². The monoisotopic (exact) mass is 425 g/mol. The molecule has 4 heterocycles. The number of morpholine rings is 1.